The molecule has 5 heteroatoms. The quantitative estimate of drug-likeness (QED) is 0.810. The first-order chi connectivity index (χ1) is 6.81. The summed E-state index contributed by atoms with van der Waals surface area (Å²) in [6.07, 6.45) is 1.01. The summed E-state index contributed by atoms with van der Waals surface area (Å²) >= 11 is 1.48. The number of anilines is 1. The van der Waals surface area contributed by atoms with E-state index in [0.29, 0.717) is 11.3 Å². The molecule has 0 saturated carbocycles. The lowest BCUT2D eigenvalue weighted by atomic mass is 10.4. The molecule has 4 nitrogen and oxygen atoms in total. The van der Waals surface area contributed by atoms with E-state index < -0.39 is 0 Å². The first kappa shape index (κ1) is 9.21. The fraction of sp³-hybridized carbons (Fsp3) is 0.333. The number of aromatic nitrogens is 2. The fourth-order valence-electron chi connectivity index (χ4n) is 1.19. The number of nitrogens with zero attached hydrogens (tertiary/aromatic N) is 1. The van der Waals surface area contributed by atoms with E-state index in [1.807, 2.05) is 5.38 Å². The minimum absolute atomic E-state index is 0.0742. The Morgan fingerprint density at radius 2 is 2.50 bits per heavy atom. The van der Waals surface area contributed by atoms with Crippen molar-refractivity contribution >= 4 is 27.5 Å². The number of fused-ring (bicyclic) bond motifs is 1. The summed E-state index contributed by atoms with van der Waals surface area (Å²) in [6.45, 7) is 2.88. The van der Waals surface area contributed by atoms with Gasteiger partial charge in [0.1, 0.15) is 4.83 Å². The monoisotopic (exact) mass is 209 g/mol. The molecule has 2 aromatic heterocycles. The Balaban J connectivity index is 2.43. The van der Waals surface area contributed by atoms with Crippen molar-refractivity contribution in [3.8, 4) is 0 Å². The number of thiophene rings is 1. The van der Waals surface area contributed by atoms with Gasteiger partial charge in [-0.1, -0.05) is 6.92 Å². The van der Waals surface area contributed by atoms with E-state index in [4.69, 9.17) is 0 Å². The van der Waals surface area contributed by atoms with E-state index >= 15 is 0 Å². The highest BCUT2D eigenvalue weighted by Gasteiger charge is 2.03. The van der Waals surface area contributed by atoms with Crippen LogP contribution in [0.2, 0.25) is 0 Å². The molecule has 0 aromatic carbocycles. The van der Waals surface area contributed by atoms with Crippen LogP contribution in [0.25, 0.3) is 10.2 Å². The maximum Gasteiger partial charge on any atom is 0.261 e. The van der Waals surface area contributed by atoms with Crippen LogP contribution >= 0.6 is 11.3 Å². The lowest BCUT2D eigenvalue weighted by Crippen LogP contribution is -2.12. The van der Waals surface area contributed by atoms with E-state index in [9.17, 15) is 4.79 Å². The lowest BCUT2D eigenvalue weighted by molar-refractivity contribution is 0.954. The van der Waals surface area contributed by atoms with Crippen molar-refractivity contribution in [1.29, 1.82) is 0 Å². The van der Waals surface area contributed by atoms with Crippen molar-refractivity contribution in [3.05, 3.63) is 21.8 Å². The van der Waals surface area contributed by atoms with E-state index in [2.05, 4.69) is 22.2 Å². The van der Waals surface area contributed by atoms with Crippen LogP contribution in [0.1, 0.15) is 13.3 Å². The van der Waals surface area contributed by atoms with Gasteiger partial charge in [-0.25, -0.2) is 4.98 Å². The largest absolute Gasteiger partial charge is 0.356 e. The second-order valence-electron chi connectivity index (χ2n) is 2.98. The first-order valence-electron chi connectivity index (χ1n) is 4.52. The molecule has 14 heavy (non-hydrogen) atoms. The van der Waals surface area contributed by atoms with Crippen molar-refractivity contribution in [2.75, 3.05) is 11.9 Å². The van der Waals surface area contributed by atoms with Crippen LogP contribution in [0.4, 0.5) is 5.95 Å². The average molecular weight is 209 g/mol. The molecule has 0 aliphatic carbocycles. The topological polar surface area (TPSA) is 57.8 Å². The number of rotatable bonds is 3. The molecule has 0 aliphatic rings. The molecule has 2 aromatic rings. The van der Waals surface area contributed by atoms with Crippen molar-refractivity contribution in [2.24, 2.45) is 0 Å². The smallest absolute Gasteiger partial charge is 0.261 e. The predicted octanol–water partition coefficient (Wildman–Crippen LogP) is 1.81. The van der Waals surface area contributed by atoms with Crippen LogP contribution in [0, 0.1) is 0 Å². The van der Waals surface area contributed by atoms with Crippen LogP contribution in [0.5, 0.6) is 0 Å². The summed E-state index contributed by atoms with van der Waals surface area (Å²) in [5.74, 6) is 0.562. The Labute approximate surface area is 85.0 Å². The van der Waals surface area contributed by atoms with Gasteiger partial charge in [-0.2, -0.15) is 0 Å². The molecule has 0 aliphatic heterocycles. The molecule has 0 radical (unpaired) electrons. The SMILES string of the molecule is CCCNc1nc2sccc2c(=O)[nH]1. The molecule has 2 heterocycles. The molecule has 0 spiro atoms. The van der Waals surface area contributed by atoms with Gasteiger partial charge in [0.2, 0.25) is 5.95 Å². The van der Waals surface area contributed by atoms with E-state index in [1.54, 1.807) is 6.07 Å². The normalized spacial score (nSPS) is 10.6. The first-order valence-corrected chi connectivity index (χ1v) is 5.40. The Bertz CT molecular complexity index is 488. The molecule has 0 atom stereocenters. The zero-order valence-electron chi connectivity index (χ0n) is 7.83. The molecule has 0 bridgehead atoms. The number of H-pyrrole nitrogens is 1. The highest BCUT2D eigenvalue weighted by molar-refractivity contribution is 7.16. The van der Waals surface area contributed by atoms with Crippen molar-refractivity contribution in [1.82, 2.24) is 9.97 Å². The van der Waals surface area contributed by atoms with Gasteiger partial charge < -0.3 is 5.32 Å². The van der Waals surface area contributed by atoms with Crippen LogP contribution in [0.3, 0.4) is 0 Å². The Morgan fingerprint density at radius 3 is 3.29 bits per heavy atom. The third kappa shape index (κ3) is 1.63. The van der Waals surface area contributed by atoms with Crippen molar-refractivity contribution in [3.63, 3.8) is 0 Å². The minimum Gasteiger partial charge on any atom is -0.356 e. The molecule has 0 fully saturated rings. The maximum atomic E-state index is 11.5. The van der Waals surface area contributed by atoms with Gasteiger partial charge in [-0.3, -0.25) is 9.78 Å². The third-order valence-corrected chi connectivity index (χ3v) is 2.68. The number of hydrogen-bond acceptors (Lipinski definition) is 4. The number of nitrogens with one attached hydrogen (secondary N) is 2. The lowest BCUT2D eigenvalue weighted by Gasteiger charge is -2.01. The predicted molar refractivity (Wildman–Crippen MR) is 59.0 cm³/mol. The van der Waals surface area contributed by atoms with Gasteiger partial charge in [0.25, 0.3) is 5.56 Å². The molecule has 2 rings (SSSR count). The molecule has 74 valence electrons. The summed E-state index contributed by atoms with van der Waals surface area (Å²) in [4.78, 5) is 19.3. The van der Waals surface area contributed by atoms with Gasteiger partial charge in [-0.05, 0) is 17.9 Å². The second kappa shape index (κ2) is 3.79. The van der Waals surface area contributed by atoms with Gasteiger partial charge in [0, 0.05) is 6.54 Å². The van der Waals surface area contributed by atoms with Crippen LogP contribution in [-0.4, -0.2) is 16.5 Å². The molecule has 2 N–H and O–H groups in total. The van der Waals surface area contributed by atoms with E-state index in [-0.39, 0.29) is 5.56 Å². The van der Waals surface area contributed by atoms with E-state index in [1.165, 1.54) is 11.3 Å². The van der Waals surface area contributed by atoms with Crippen molar-refractivity contribution < 1.29 is 0 Å². The zero-order valence-corrected chi connectivity index (χ0v) is 8.65. The third-order valence-electron chi connectivity index (χ3n) is 1.88. The number of hydrogen-bond donors (Lipinski definition) is 2. The highest BCUT2D eigenvalue weighted by atomic mass is 32.1. The number of aromatic amines is 1. The Kier molecular flexibility index (Phi) is 2.49. The van der Waals surface area contributed by atoms with Crippen LogP contribution < -0.4 is 10.9 Å². The summed E-state index contributed by atoms with van der Waals surface area (Å²) in [5.41, 5.74) is -0.0742. The van der Waals surface area contributed by atoms with E-state index in [0.717, 1.165) is 17.8 Å². The summed E-state index contributed by atoms with van der Waals surface area (Å²) < 4.78 is 0. The molecule has 0 saturated heterocycles. The summed E-state index contributed by atoms with van der Waals surface area (Å²) in [7, 11) is 0. The van der Waals surface area contributed by atoms with Crippen molar-refractivity contribution in [2.45, 2.75) is 13.3 Å². The second-order valence-corrected chi connectivity index (χ2v) is 3.88. The standard InChI is InChI=1S/C9H11N3OS/c1-2-4-10-9-11-7(13)6-3-5-14-8(6)12-9/h3,5H,2,4H2,1H3,(H2,10,11,12,13). The highest BCUT2D eigenvalue weighted by Crippen LogP contribution is 2.15. The summed E-state index contributed by atoms with van der Waals surface area (Å²) in [5, 5.41) is 5.59. The molecular weight excluding hydrogens is 198 g/mol. The zero-order chi connectivity index (χ0) is 9.97. The fourth-order valence-corrected chi connectivity index (χ4v) is 1.96. The van der Waals surface area contributed by atoms with Gasteiger partial charge in [0.05, 0.1) is 5.39 Å². The maximum absolute atomic E-state index is 11.5. The molecular formula is C9H11N3OS. The minimum atomic E-state index is -0.0742. The average Bonchev–Trinajstić information content (AvgIpc) is 2.63. The Hall–Kier alpha value is -1.36. The Morgan fingerprint density at radius 1 is 1.64 bits per heavy atom. The van der Waals surface area contributed by atoms with Gasteiger partial charge >= 0.3 is 0 Å². The molecule has 0 amide bonds. The van der Waals surface area contributed by atoms with Crippen LogP contribution in [-0.2, 0) is 0 Å². The molecule has 0 unspecified atom stereocenters. The van der Waals surface area contributed by atoms with Gasteiger partial charge in [0.15, 0.2) is 0 Å². The van der Waals surface area contributed by atoms with Gasteiger partial charge in [-0.15, -0.1) is 11.3 Å². The van der Waals surface area contributed by atoms with Crippen LogP contribution in [0.15, 0.2) is 16.2 Å². The summed E-state index contributed by atoms with van der Waals surface area (Å²) in [6, 6.07) is 1.79.